The average molecular weight is 303 g/mol. The third kappa shape index (κ3) is 3.93. The van der Waals surface area contributed by atoms with Gasteiger partial charge in [0.25, 0.3) is 0 Å². The summed E-state index contributed by atoms with van der Waals surface area (Å²) in [6, 6.07) is 14.6. The van der Waals surface area contributed by atoms with Crippen molar-refractivity contribution in [2.24, 2.45) is 0 Å². The van der Waals surface area contributed by atoms with Gasteiger partial charge in [0.05, 0.1) is 4.90 Å². The van der Waals surface area contributed by atoms with E-state index in [0.717, 1.165) is 16.7 Å². The predicted octanol–water partition coefficient (Wildman–Crippen LogP) is 3.73. The summed E-state index contributed by atoms with van der Waals surface area (Å²) >= 11 is 0. The van der Waals surface area contributed by atoms with E-state index >= 15 is 0 Å². The molecule has 0 saturated heterocycles. The lowest BCUT2D eigenvalue weighted by Crippen LogP contribution is -2.28. The lowest BCUT2D eigenvalue weighted by atomic mass is 10.0. The zero-order valence-corrected chi connectivity index (χ0v) is 13.4. The van der Waals surface area contributed by atoms with Gasteiger partial charge in [-0.2, -0.15) is 0 Å². The summed E-state index contributed by atoms with van der Waals surface area (Å²) in [5.74, 6) is 0. The Hall–Kier alpha value is -1.65. The maximum Gasteiger partial charge on any atom is 0.241 e. The van der Waals surface area contributed by atoms with Crippen LogP contribution < -0.4 is 4.72 Å². The smallest absolute Gasteiger partial charge is 0.207 e. The monoisotopic (exact) mass is 303 g/mol. The van der Waals surface area contributed by atoms with E-state index < -0.39 is 10.0 Å². The molecule has 0 fully saturated rings. The van der Waals surface area contributed by atoms with Crippen molar-refractivity contribution >= 4 is 10.0 Å². The van der Waals surface area contributed by atoms with Gasteiger partial charge in [0.1, 0.15) is 0 Å². The van der Waals surface area contributed by atoms with Gasteiger partial charge in [-0.1, -0.05) is 54.4 Å². The molecule has 4 heteroatoms. The molecule has 112 valence electrons. The molecule has 2 aromatic rings. The van der Waals surface area contributed by atoms with E-state index in [9.17, 15) is 8.42 Å². The van der Waals surface area contributed by atoms with Crippen LogP contribution in [0, 0.1) is 13.8 Å². The first kappa shape index (κ1) is 15.7. The minimum atomic E-state index is -3.50. The van der Waals surface area contributed by atoms with Crippen molar-refractivity contribution in [3.05, 3.63) is 65.2 Å². The predicted molar refractivity (Wildman–Crippen MR) is 85.7 cm³/mol. The van der Waals surface area contributed by atoms with Crippen LogP contribution in [0.1, 0.15) is 36.1 Å². The number of benzene rings is 2. The van der Waals surface area contributed by atoms with E-state index in [1.54, 1.807) is 24.3 Å². The van der Waals surface area contributed by atoms with Crippen molar-refractivity contribution < 1.29 is 8.42 Å². The summed E-state index contributed by atoms with van der Waals surface area (Å²) in [7, 11) is -3.50. The van der Waals surface area contributed by atoms with Crippen molar-refractivity contribution in [3.63, 3.8) is 0 Å². The molecule has 0 heterocycles. The molecule has 1 atom stereocenters. The third-order valence-electron chi connectivity index (χ3n) is 3.52. The minimum absolute atomic E-state index is 0.211. The van der Waals surface area contributed by atoms with Crippen molar-refractivity contribution in [2.75, 3.05) is 0 Å². The lowest BCUT2D eigenvalue weighted by molar-refractivity contribution is 0.550. The second kappa shape index (κ2) is 6.41. The molecular weight excluding hydrogens is 282 g/mol. The molecule has 0 saturated carbocycles. The molecule has 0 bridgehead atoms. The number of aryl methyl sites for hydroxylation is 2. The zero-order valence-electron chi connectivity index (χ0n) is 12.6. The first-order chi connectivity index (χ1) is 9.92. The van der Waals surface area contributed by atoms with Gasteiger partial charge in [-0.15, -0.1) is 0 Å². The molecule has 0 radical (unpaired) electrons. The van der Waals surface area contributed by atoms with Gasteiger partial charge in [-0.25, -0.2) is 13.1 Å². The molecule has 2 rings (SSSR count). The molecule has 0 aromatic heterocycles. The van der Waals surface area contributed by atoms with E-state index in [4.69, 9.17) is 0 Å². The van der Waals surface area contributed by atoms with Crippen molar-refractivity contribution in [3.8, 4) is 0 Å². The van der Waals surface area contributed by atoms with E-state index in [2.05, 4.69) is 4.72 Å². The maximum absolute atomic E-state index is 12.4. The first-order valence-electron chi connectivity index (χ1n) is 7.08. The fourth-order valence-electron chi connectivity index (χ4n) is 2.16. The summed E-state index contributed by atoms with van der Waals surface area (Å²) in [5, 5.41) is 0. The van der Waals surface area contributed by atoms with Crippen molar-refractivity contribution in [1.29, 1.82) is 0 Å². The maximum atomic E-state index is 12.4. The summed E-state index contributed by atoms with van der Waals surface area (Å²) < 4.78 is 27.7. The lowest BCUT2D eigenvalue weighted by Gasteiger charge is -2.18. The topological polar surface area (TPSA) is 46.2 Å². The Bertz CT molecular complexity index is 689. The van der Waals surface area contributed by atoms with E-state index in [0.29, 0.717) is 11.3 Å². The molecule has 0 aliphatic carbocycles. The Balaban J connectivity index is 2.24. The summed E-state index contributed by atoms with van der Waals surface area (Å²) in [5.41, 5.74) is 3.19. The summed E-state index contributed by atoms with van der Waals surface area (Å²) in [6.07, 6.45) is 0.703. The van der Waals surface area contributed by atoms with Crippen molar-refractivity contribution in [2.45, 2.75) is 38.1 Å². The molecule has 0 aliphatic rings. The van der Waals surface area contributed by atoms with Gasteiger partial charge in [0.2, 0.25) is 10.0 Å². The van der Waals surface area contributed by atoms with Crippen LogP contribution >= 0.6 is 0 Å². The van der Waals surface area contributed by atoms with Crippen LogP contribution in [0.2, 0.25) is 0 Å². The van der Waals surface area contributed by atoms with Crippen LogP contribution in [0.4, 0.5) is 0 Å². The van der Waals surface area contributed by atoms with Gasteiger partial charge < -0.3 is 0 Å². The highest BCUT2D eigenvalue weighted by Crippen LogP contribution is 2.20. The van der Waals surface area contributed by atoms with Crippen LogP contribution in [-0.2, 0) is 10.0 Å². The molecule has 0 amide bonds. The third-order valence-corrected chi connectivity index (χ3v) is 5.00. The van der Waals surface area contributed by atoms with Crippen LogP contribution in [-0.4, -0.2) is 8.42 Å². The fraction of sp³-hybridized carbons (Fsp3) is 0.294. The number of sulfonamides is 1. The minimum Gasteiger partial charge on any atom is -0.207 e. The second-order valence-electron chi connectivity index (χ2n) is 5.31. The Morgan fingerprint density at radius 3 is 1.86 bits per heavy atom. The zero-order chi connectivity index (χ0) is 15.5. The van der Waals surface area contributed by atoms with Crippen molar-refractivity contribution in [1.82, 2.24) is 4.72 Å². The highest BCUT2D eigenvalue weighted by atomic mass is 32.2. The quantitative estimate of drug-likeness (QED) is 0.914. The Kier molecular flexibility index (Phi) is 4.80. The molecule has 3 nitrogen and oxygen atoms in total. The van der Waals surface area contributed by atoms with Crippen LogP contribution in [0.3, 0.4) is 0 Å². The molecule has 0 spiro atoms. The van der Waals surface area contributed by atoms with E-state index in [-0.39, 0.29) is 6.04 Å². The fourth-order valence-corrected chi connectivity index (χ4v) is 3.47. The SMILES string of the molecule is CCC(NS(=O)(=O)c1ccc(C)cc1)c1ccc(C)cc1. The Morgan fingerprint density at radius 1 is 0.905 bits per heavy atom. The molecule has 0 aliphatic heterocycles. The van der Waals surface area contributed by atoms with Crippen LogP contribution in [0.25, 0.3) is 0 Å². The first-order valence-corrected chi connectivity index (χ1v) is 8.56. The van der Waals surface area contributed by atoms with E-state index in [1.165, 1.54) is 0 Å². The highest BCUT2D eigenvalue weighted by molar-refractivity contribution is 7.89. The van der Waals surface area contributed by atoms with Gasteiger partial charge in [-0.3, -0.25) is 0 Å². The standard InChI is InChI=1S/C17H21NO2S/c1-4-17(15-9-5-13(2)6-10-15)18-21(19,20)16-11-7-14(3)8-12-16/h5-12,17-18H,4H2,1-3H3. The number of hydrogen-bond donors (Lipinski definition) is 1. The molecular formula is C17H21NO2S. The highest BCUT2D eigenvalue weighted by Gasteiger charge is 2.19. The molecule has 2 aromatic carbocycles. The van der Waals surface area contributed by atoms with Gasteiger partial charge in [-0.05, 0) is 38.0 Å². The van der Waals surface area contributed by atoms with Gasteiger partial charge >= 0.3 is 0 Å². The van der Waals surface area contributed by atoms with Gasteiger partial charge in [0.15, 0.2) is 0 Å². The normalized spacial score (nSPS) is 13.1. The number of nitrogens with one attached hydrogen (secondary N) is 1. The number of rotatable bonds is 5. The average Bonchev–Trinajstić information content (AvgIpc) is 2.46. The number of hydrogen-bond acceptors (Lipinski definition) is 2. The summed E-state index contributed by atoms with van der Waals surface area (Å²) in [4.78, 5) is 0.304. The van der Waals surface area contributed by atoms with E-state index in [1.807, 2.05) is 45.0 Å². The van der Waals surface area contributed by atoms with Crippen LogP contribution in [0.5, 0.6) is 0 Å². The molecule has 21 heavy (non-hydrogen) atoms. The largest absolute Gasteiger partial charge is 0.241 e. The molecule has 1 unspecified atom stereocenters. The molecule has 1 N–H and O–H groups in total. The Morgan fingerprint density at radius 2 is 1.38 bits per heavy atom. The van der Waals surface area contributed by atoms with Crippen LogP contribution in [0.15, 0.2) is 53.4 Å². The second-order valence-corrected chi connectivity index (χ2v) is 7.02. The van der Waals surface area contributed by atoms with Gasteiger partial charge in [0, 0.05) is 6.04 Å². The Labute approximate surface area is 127 Å². The summed E-state index contributed by atoms with van der Waals surface area (Å²) in [6.45, 7) is 5.92.